The van der Waals surface area contributed by atoms with Gasteiger partial charge in [-0.1, -0.05) is 44.2 Å². The van der Waals surface area contributed by atoms with Crippen LogP contribution in [0.25, 0.3) is 0 Å². The summed E-state index contributed by atoms with van der Waals surface area (Å²) in [5.74, 6) is 0.318. The van der Waals surface area contributed by atoms with E-state index in [4.69, 9.17) is 0 Å². The van der Waals surface area contributed by atoms with E-state index in [1.165, 1.54) is 38.2 Å². The van der Waals surface area contributed by atoms with Crippen molar-refractivity contribution < 1.29 is 14.0 Å². The van der Waals surface area contributed by atoms with Gasteiger partial charge in [-0.3, -0.25) is 14.5 Å². The highest BCUT2D eigenvalue weighted by Gasteiger charge is 2.23. The Morgan fingerprint density at radius 3 is 2.44 bits per heavy atom. The first-order chi connectivity index (χ1) is 13.1. The molecule has 1 aliphatic heterocycles. The molecule has 1 saturated carbocycles. The molecule has 0 unspecified atom stereocenters. The SMILES string of the molecule is O=C(CN1CCN(C(=O)CCC2CCCCC2)CC1)Nc1ccccc1F. The van der Waals surface area contributed by atoms with E-state index in [0.717, 1.165) is 12.3 Å². The Morgan fingerprint density at radius 1 is 1.04 bits per heavy atom. The van der Waals surface area contributed by atoms with E-state index in [1.807, 2.05) is 9.80 Å². The zero-order chi connectivity index (χ0) is 19.1. The molecular formula is C21H30FN3O2. The van der Waals surface area contributed by atoms with Gasteiger partial charge in [0.05, 0.1) is 12.2 Å². The van der Waals surface area contributed by atoms with Gasteiger partial charge in [-0.2, -0.15) is 0 Å². The van der Waals surface area contributed by atoms with Gasteiger partial charge in [0.1, 0.15) is 5.82 Å². The Kier molecular flexibility index (Phi) is 7.21. The predicted octanol–water partition coefficient (Wildman–Crippen LogP) is 3.27. The number of nitrogens with zero attached hydrogens (tertiary/aromatic N) is 2. The molecule has 1 aliphatic carbocycles. The second-order valence-corrected chi connectivity index (χ2v) is 7.73. The third-order valence-electron chi connectivity index (χ3n) is 5.73. The number of hydrogen-bond acceptors (Lipinski definition) is 3. The fourth-order valence-corrected chi connectivity index (χ4v) is 4.07. The first-order valence-corrected chi connectivity index (χ1v) is 10.2. The number of amides is 2. The van der Waals surface area contributed by atoms with Gasteiger partial charge in [0.25, 0.3) is 0 Å². The minimum absolute atomic E-state index is 0.207. The molecule has 0 atom stereocenters. The average molecular weight is 375 g/mol. The van der Waals surface area contributed by atoms with Crippen LogP contribution in [0, 0.1) is 11.7 Å². The zero-order valence-corrected chi connectivity index (χ0v) is 16.0. The number of para-hydroxylation sites is 1. The maximum atomic E-state index is 13.6. The number of benzene rings is 1. The third kappa shape index (κ3) is 6.03. The zero-order valence-electron chi connectivity index (χ0n) is 16.0. The van der Waals surface area contributed by atoms with E-state index < -0.39 is 5.82 Å². The maximum absolute atomic E-state index is 13.6. The van der Waals surface area contributed by atoms with Gasteiger partial charge in [-0.05, 0) is 24.5 Å². The van der Waals surface area contributed by atoms with E-state index in [1.54, 1.807) is 18.2 Å². The van der Waals surface area contributed by atoms with Crippen LogP contribution >= 0.6 is 0 Å². The van der Waals surface area contributed by atoms with Crippen LogP contribution in [0.3, 0.4) is 0 Å². The smallest absolute Gasteiger partial charge is 0.238 e. The number of rotatable bonds is 6. The van der Waals surface area contributed by atoms with Crippen molar-refractivity contribution in [2.45, 2.75) is 44.9 Å². The monoisotopic (exact) mass is 375 g/mol. The van der Waals surface area contributed by atoms with E-state index in [-0.39, 0.29) is 24.0 Å². The molecule has 1 saturated heterocycles. The largest absolute Gasteiger partial charge is 0.340 e. The topological polar surface area (TPSA) is 52.7 Å². The molecule has 27 heavy (non-hydrogen) atoms. The predicted molar refractivity (Wildman–Crippen MR) is 104 cm³/mol. The van der Waals surface area contributed by atoms with Crippen molar-refractivity contribution in [2.24, 2.45) is 5.92 Å². The van der Waals surface area contributed by atoms with E-state index in [9.17, 15) is 14.0 Å². The molecule has 1 heterocycles. The molecule has 5 nitrogen and oxygen atoms in total. The first-order valence-electron chi connectivity index (χ1n) is 10.2. The van der Waals surface area contributed by atoms with Crippen LogP contribution in [0.15, 0.2) is 24.3 Å². The molecule has 0 bridgehead atoms. The summed E-state index contributed by atoms with van der Waals surface area (Å²) in [6, 6.07) is 6.16. The molecule has 0 aromatic heterocycles. The van der Waals surface area contributed by atoms with Crippen molar-refractivity contribution in [2.75, 3.05) is 38.0 Å². The Balaban J connectivity index is 1.36. The van der Waals surface area contributed by atoms with E-state index in [0.29, 0.717) is 32.6 Å². The highest BCUT2D eigenvalue weighted by atomic mass is 19.1. The molecule has 2 aliphatic rings. The summed E-state index contributed by atoms with van der Waals surface area (Å²) < 4.78 is 13.6. The number of anilines is 1. The summed E-state index contributed by atoms with van der Waals surface area (Å²) in [5.41, 5.74) is 0.207. The van der Waals surface area contributed by atoms with Crippen LogP contribution in [0.5, 0.6) is 0 Å². The Hall–Kier alpha value is -1.95. The number of carbonyl (C=O) groups is 2. The molecule has 1 aromatic carbocycles. The van der Waals surface area contributed by atoms with Crippen LogP contribution in [0.2, 0.25) is 0 Å². The summed E-state index contributed by atoms with van der Waals surface area (Å²) >= 11 is 0. The van der Waals surface area contributed by atoms with Gasteiger partial charge in [0.2, 0.25) is 11.8 Å². The normalized spacial score (nSPS) is 19.1. The molecule has 0 spiro atoms. The van der Waals surface area contributed by atoms with Crippen LogP contribution in [0.1, 0.15) is 44.9 Å². The number of hydrogen-bond donors (Lipinski definition) is 1. The molecule has 1 aromatic rings. The van der Waals surface area contributed by atoms with Gasteiger partial charge in [-0.25, -0.2) is 4.39 Å². The number of carbonyl (C=O) groups excluding carboxylic acids is 2. The molecule has 1 N–H and O–H groups in total. The van der Waals surface area contributed by atoms with Crippen molar-refractivity contribution >= 4 is 17.5 Å². The van der Waals surface area contributed by atoms with Gasteiger partial charge in [0, 0.05) is 32.6 Å². The van der Waals surface area contributed by atoms with Crippen LogP contribution < -0.4 is 5.32 Å². The Bertz CT molecular complexity index is 638. The second-order valence-electron chi connectivity index (χ2n) is 7.73. The lowest BCUT2D eigenvalue weighted by Crippen LogP contribution is -2.50. The lowest BCUT2D eigenvalue weighted by molar-refractivity contribution is -0.133. The van der Waals surface area contributed by atoms with E-state index >= 15 is 0 Å². The van der Waals surface area contributed by atoms with Crippen molar-refractivity contribution in [3.05, 3.63) is 30.1 Å². The summed E-state index contributed by atoms with van der Waals surface area (Å²) in [6.45, 7) is 2.91. The van der Waals surface area contributed by atoms with Crippen molar-refractivity contribution in [1.29, 1.82) is 0 Å². The Labute approximate surface area is 160 Å². The standard InChI is InChI=1S/C21H30FN3O2/c22-18-8-4-5-9-19(18)23-20(26)16-24-12-14-25(15-13-24)21(27)11-10-17-6-2-1-3-7-17/h4-5,8-9,17H,1-3,6-7,10-16H2,(H,23,26). The molecule has 2 fully saturated rings. The summed E-state index contributed by atoms with van der Waals surface area (Å²) in [6.07, 6.45) is 8.19. The quantitative estimate of drug-likeness (QED) is 0.830. The van der Waals surface area contributed by atoms with Crippen LogP contribution in [-0.2, 0) is 9.59 Å². The molecule has 2 amide bonds. The van der Waals surface area contributed by atoms with E-state index in [2.05, 4.69) is 5.32 Å². The summed E-state index contributed by atoms with van der Waals surface area (Å²) in [4.78, 5) is 28.5. The van der Waals surface area contributed by atoms with Gasteiger partial charge < -0.3 is 10.2 Å². The van der Waals surface area contributed by atoms with Crippen LogP contribution in [-0.4, -0.2) is 54.3 Å². The van der Waals surface area contributed by atoms with Gasteiger partial charge >= 0.3 is 0 Å². The minimum Gasteiger partial charge on any atom is -0.340 e. The average Bonchev–Trinajstić information content (AvgIpc) is 2.69. The summed E-state index contributed by atoms with van der Waals surface area (Å²) in [7, 11) is 0. The first kappa shape index (κ1) is 19.8. The lowest BCUT2D eigenvalue weighted by atomic mass is 9.86. The number of nitrogens with one attached hydrogen (secondary N) is 1. The highest BCUT2D eigenvalue weighted by molar-refractivity contribution is 5.92. The van der Waals surface area contributed by atoms with Gasteiger partial charge in [-0.15, -0.1) is 0 Å². The molecular weight excluding hydrogens is 345 g/mol. The highest BCUT2D eigenvalue weighted by Crippen LogP contribution is 2.27. The lowest BCUT2D eigenvalue weighted by Gasteiger charge is -2.34. The second kappa shape index (κ2) is 9.83. The molecule has 3 rings (SSSR count). The summed E-state index contributed by atoms with van der Waals surface area (Å²) in [5, 5.41) is 2.61. The minimum atomic E-state index is -0.431. The maximum Gasteiger partial charge on any atom is 0.238 e. The molecule has 148 valence electrons. The molecule has 0 radical (unpaired) electrons. The number of halogens is 1. The van der Waals surface area contributed by atoms with Crippen LogP contribution in [0.4, 0.5) is 10.1 Å². The van der Waals surface area contributed by atoms with Gasteiger partial charge in [0.15, 0.2) is 0 Å². The fraction of sp³-hybridized carbons (Fsp3) is 0.619. The third-order valence-corrected chi connectivity index (χ3v) is 5.73. The molecule has 6 heteroatoms. The fourth-order valence-electron chi connectivity index (χ4n) is 4.07. The number of piperazine rings is 1. The van der Waals surface area contributed by atoms with Crippen molar-refractivity contribution in [3.63, 3.8) is 0 Å². The van der Waals surface area contributed by atoms with Crippen molar-refractivity contribution in [1.82, 2.24) is 9.80 Å². The van der Waals surface area contributed by atoms with Crippen molar-refractivity contribution in [3.8, 4) is 0 Å². The Morgan fingerprint density at radius 2 is 1.74 bits per heavy atom.